The molecule has 5 nitrogen and oxygen atoms in total. The van der Waals surface area contributed by atoms with Gasteiger partial charge in [0.15, 0.2) is 0 Å². The van der Waals surface area contributed by atoms with Crippen LogP contribution in [0.25, 0.3) is 0 Å². The summed E-state index contributed by atoms with van der Waals surface area (Å²) in [6.45, 7) is 0. The zero-order chi connectivity index (χ0) is 16.9. The van der Waals surface area contributed by atoms with Gasteiger partial charge in [0.05, 0.1) is 5.56 Å². The van der Waals surface area contributed by atoms with Crippen LogP contribution >= 0.6 is 12.4 Å². The monoisotopic (exact) mass is 365 g/mol. The summed E-state index contributed by atoms with van der Waals surface area (Å²) in [7, 11) is 1.33. The standard InChI is InChI=1S/C15H18F3N3O2.ClH/c1-23-21-14(19-12-7-2-3-8-12)20-13(22)10-5-4-6-11(9-10)15(16,17)18;/h4-6,9,12H,2-3,7-8H2,1H3,(H2,19,20,21,22);1H. The van der Waals surface area contributed by atoms with Crippen molar-refractivity contribution in [3.8, 4) is 0 Å². The maximum absolute atomic E-state index is 12.7. The van der Waals surface area contributed by atoms with Gasteiger partial charge in [0, 0.05) is 11.6 Å². The Morgan fingerprint density at radius 3 is 2.54 bits per heavy atom. The van der Waals surface area contributed by atoms with E-state index in [0.717, 1.165) is 37.8 Å². The number of hydrogen-bond donors (Lipinski definition) is 2. The largest absolute Gasteiger partial charge is 0.416 e. The molecule has 1 aromatic carbocycles. The highest BCUT2D eigenvalue weighted by Crippen LogP contribution is 2.29. The summed E-state index contributed by atoms with van der Waals surface area (Å²) < 4.78 is 38.1. The topological polar surface area (TPSA) is 62.7 Å². The van der Waals surface area contributed by atoms with E-state index >= 15 is 0 Å². The molecule has 0 spiro atoms. The number of hydrogen-bond acceptors (Lipinski definition) is 3. The number of rotatable bonds is 3. The van der Waals surface area contributed by atoms with Crippen molar-refractivity contribution in [3.05, 3.63) is 35.4 Å². The van der Waals surface area contributed by atoms with Crippen LogP contribution in [-0.2, 0) is 11.0 Å². The van der Waals surface area contributed by atoms with Gasteiger partial charge in [-0.2, -0.15) is 13.2 Å². The van der Waals surface area contributed by atoms with Crippen LogP contribution in [0, 0.1) is 0 Å². The number of benzene rings is 1. The summed E-state index contributed by atoms with van der Waals surface area (Å²) >= 11 is 0. The lowest BCUT2D eigenvalue weighted by Crippen LogP contribution is -2.45. The first kappa shape index (κ1) is 20.1. The summed E-state index contributed by atoms with van der Waals surface area (Å²) in [5.41, 5.74) is -0.976. The van der Waals surface area contributed by atoms with Gasteiger partial charge in [-0.05, 0) is 36.2 Å². The molecular weight excluding hydrogens is 347 g/mol. The van der Waals surface area contributed by atoms with E-state index in [4.69, 9.17) is 0 Å². The molecule has 0 radical (unpaired) electrons. The molecule has 1 amide bonds. The molecule has 2 N–H and O–H groups in total. The minimum Gasteiger partial charge on any atom is -0.396 e. The third kappa shape index (κ3) is 5.59. The van der Waals surface area contributed by atoms with E-state index in [-0.39, 0.29) is 30.0 Å². The molecule has 1 aliphatic rings. The normalized spacial score (nSPS) is 15.6. The van der Waals surface area contributed by atoms with E-state index in [1.165, 1.54) is 19.2 Å². The second-order valence-electron chi connectivity index (χ2n) is 5.28. The smallest absolute Gasteiger partial charge is 0.396 e. The van der Waals surface area contributed by atoms with Crippen LogP contribution < -0.4 is 10.6 Å². The zero-order valence-electron chi connectivity index (χ0n) is 13.0. The first-order valence-corrected chi connectivity index (χ1v) is 7.26. The first-order chi connectivity index (χ1) is 10.9. The fourth-order valence-electron chi connectivity index (χ4n) is 2.46. The SMILES string of the molecule is CON=C(NC(=O)c1cccc(C(F)(F)F)c1)NC1CCCC1.Cl. The van der Waals surface area contributed by atoms with Gasteiger partial charge in [-0.15, -0.1) is 12.4 Å². The number of carbonyl (C=O) groups is 1. The highest BCUT2D eigenvalue weighted by molar-refractivity contribution is 6.05. The van der Waals surface area contributed by atoms with Crippen molar-refractivity contribution < 1.29 is 22.8 Å². The van der Waals surface area contributed by atoms with E-state index in [9.17, 15) is 18.0 Å². The molecule has 0 saturated heterocycles. The average molecular weight is 366 g/mol. The quantitative estimate of drug-likeness (QED) is 0.491. The molecule has 0 aliphatic heterocycles. The Hall–Kier alpha value is -1.96. The Morgan fingerprint density at radius 2 is 1.96 bits per heavy atom. The molecule has 9 heteroatoms. The maximum Gasteiger partial charge on any atom is 0.416 e. The third-order valence-electron chi connectivity index (χ3n) is 3.56. The minimum atomic E-state index is -4.50. The Bertz CT molecular complexity index is 588. The number of carbonyl (C=O) groups excluding carboxylic acids is 1. The molecule has 1 saturated carbocycles. The molecule has 1 fully saturated rings. The number of nitrogens with one attached hydrogen (secondary N) is 2. The molecule has 2 rings (SSSR count). The van der Waals surface area contributed by atoms with E-state index < -0.39 is 17.6 Å². The highest BCUT2D eigenvalue weighted by atomic mass is 35.5. The van der Waals surface area contributed by atoms with Gasteiger partial charge in [-0.25, -0.2) is 0 Å². The van der Waals surface area contributed by atoms with Crippen molar-refractivity contribution in [1.82, 2.24) is 10.6 Å². The number of guanidine groups is 1. The van der Waals surface area contributed by atoms with E-state index in [2.05, 4.69) is 20.6 Å². The molecular formula is C15H19ClF3N3O2. The Kier molecular flexibility index (Phi) is 7.34. The summed E-state index contributed by atoms with van der Waals surface area (Å²) in [6, 6.07) is 4.39. The molecule has 0 unspecified atom stereocenters. The van der Waals surface area contributed by atoms with E-state index in [1.54, 1.807) is 0 Å². The molecule has 0 bridgehead atoms. The summed E-state index contributed by atoms with van der Waals surface area (Å²) in [5.74, 6) is -0.584. The van der Waals surface area contributed by atoms with Gasteiger partial charge in [-0.1, -0.05) is 18.9 Å². The average Bonchev–Trinajstić information content (AvgIpc) is 2.99. The van der Waals surface area contributed by atoms with E-state index in [1.807, 2.05) is 0 Å². The van der Waals surface area contributed by atoms with Crippen LogP contribution in [0.15, 0.2) is 29.4 Å². The van der Waals surface area contributed by atoms with Crippen LogP contribution in [0.4, 0.5) is 13.2 Å². The maximum atomic E-state index is 12.7. The van der Waals surface area contributed by atoms with Crippen molar-refractivity contribution in [2.45, 2.75) is 37.9 Å². The van der Waals surface area contributed by atoms with Crippen molar-refractivity contribution in [2.24, 2.45) is 5.16 Å². The summed E-state index contributed by atoms with van der Waals surface area (Å²) in [6.07, 6.45) is -0.439. The molecule has 134 valence electrons. The van der Waals surface area contributed by atoms with Gasteiger partial charge >= 0.3 is 6.18 Å². The Balaban J connectivity index is 0.00000288. The third-order valence-corrected chi connectivity index (χ3v) is 3.56. The molecule has 0 aromatic heterocycles. The predicted molar refractivity (Wildman–Crippen MR) is 86.0 cm³/mol. The lowest BCUT2D eigenvalue weighted by atomic mass is 10.1. The van der Waals surface area contributed by atoms with Crippen LogP contribution in [0.5, 0.6) is 0 Å². The number of amides is 1. The number of oxime groups is 1. The van der Waals surface area contributed by atoms with E-state index in [0.29, 0.717) is 0 Å². The molecule has 0 atom stereocenters. The fraction of sp³-hybridized carbons (Fsp3) is 0.467. The Labute approximate surface area is 144 Å². The number of alkyl halides is 3. The van der Waals surface area contributed by atoms with Crippen LogP contribution in [0.2, 0.25) is 0 Å². The van der Waals surface area contributed by atoms with Gasteiger partial charge in [-0.3, -0.25) is 10.1 Å². The highest BCUT2D eigenvalue weighted by Gasteiger charge is 2.31. The summed E-state index contributed by atoms with van der Waals surface area (Å²) in [5, 5.41) is 9.16. The number of halogens is 4. The van der Waals surface area contributed by atoms with Crippen molar-refractivity contribution in [2.75, 3.05) is 7.11 Å². The second kappa shape index (κ2) is 8.77. The molecule has 24 heavy (non-hydrogen) atoms. The molecule has 1 aliphatic carbocycles. The van der Waals surface area contributed by atoms with Gasteiger partial charge in [0.1, 0.15) is 7.11 Å². The molecule has 1 aromatic rings. The Morgan fingerprint density at radius 1 is 1.29 bits per heavy atom. The first-order valence-electron chi connectivity index (χ1n) is 7.26. The van der Waals surface area contributed by atoms with Gasteiger partial charge < -0.3 is 10.2 Å². The predicted octanol–water partition coefficient (Wildman–Crippen LogP) is 3.31. The lowest BCUT2D eigenvalue weighted by Gasteiger charge is -2.16. The number of nitrogens with zero attached hydrogens (tertiary/aromatic N) is 1. The second-order valence-corrected chi connectivity index (χ2v) is 5.28. The van der Waals surface area contributed by atoms with Gasteiger partial charge in [0.25, 0.3) is 5.91 Å². The zero-order valence-corrected chi connectivity index (χ0v) is 13.8. The van der Waals surface area contributed by atoms with Crippen LogP contribution in [0.3, 0.4) is 0 Å². The van der Waals surface area contributed by atoms with Crippen molar-refractivity contribution in [3.63, 3.8) is 0 Å². The summed E-state index contributed by atoms with van der Waals surface area (Å²) in [4.78, 5) is 16.8. The van der Waals surface area contributed by atoms with Crippen LogP contribution in [0.1, 0.15) is 41.6 Å². The van der Waals surface area contributed by atoms with Crippen molar-refractivity contribution in [1.29, 1.82) is 0 Å². The molecule has 0 heterocycles. The van der Waals surface area contributed by atoms with Crippen molar-refractivity contribution >= 4 is 24.3 Å². The lowest BCUT2D eigenvalue weighted by molar-refractivity contribution is -0.137. The fourth-order valence-corrected chi connectivity index (χ4v) is 2.46. The minimum absolute atomic E-state index is 0. The van der Waals surface area contributed by atoms with Crippen LogP contribution in [-0.4, -0.2) is 25.0 Å². The van der Waals surface area contributed by atoms with Gasteiger partial charge in [0.2, 0.25) is 5.96 Å².